The van der Waals surface area contributed by atoms with Gasteiger partial charge < -0.3 is 5.32 Å². The average Bonchev–Trinajstić information content (AvgIpc) is 3.07. The normalized spacial score (nSPS) is 12.0. The van der Waals surface area contributed by atoms with Crippen LogP contribution in [0, 0.1) is 0 Å². The van der Waals surface area contributed by atoms with Gasteiger partial charge in [0.05, 0.1) is 18.3 Å². The van der Waals surface area contributed by atoms with Crippen molar-refractivity contribution in [3.05, 3.63) is 90.1 Å². The van der Waals surface area contributed by atoms with E-state index in [9.17, 15) is 18.0 Å². The lowest BCUT2D eigenvalue weighted by Gasteiger charge is -2.12. The second-order valence-electron chi connectivity index (χ2n) is 5.77. The summed E-state index contributed by atoms with van der Waals surface area (Å²) in [6.07, 6.45) is -2.61. The van der Waals surface area contributed by atoms with E-state index < -0.39 is 17.7 Å². The predicted molar refractivity (Wildman–Crippen MR) is 96.9 cm³/mol. The first-order chi connectivity index (χ1) is 12.9. The van der Waals surface area contributed by atoms with Gasteiger partial charge in [0.25, 0.3) is 0 Å². The summed E-state index contributed by atoms with van der Waals surface area (Å²) in [5, 5.41) is 6.58. The molecule has 0 aliphatic heterocycles. The lowest BCUT2D eigenvalue weighted by atomic mass is 10.1. The number of amides is 1. The molecule has 27 heavy (non-hydrogen) atoms. The van der Waals surface area contributed by atoms with Crippen molar-refractivity contribution in [1.82, 2.24) is 9.78 Å². The number of halogens is 3. The minimum absolute atomic E-state index is 0.0713. The maximum absolute atomic E-state index is 13.3. The van der Waals surface area contributed by atoms with Crippen molar-refractivity contribution in [3.63, 3.8) is 0 Å². The molecule has 0 atom stereocenters. The van der Waals surface area contributed by atoms with Crippen LogP contribution in [0.25, 0.3) is 5.57 Å². The fourth-order valence-electron chi connectivity index (χ4n) is 2.56. The lowest BCUT2D eigenvalue weighted by molar-refractivity contribution is -0.112. The highest BCUT2D eigenvalue weighted by molar-refractivity contribution is 6.04. The van der Waals surface area contributed by atoms with Crippen LogP contribution in [0.3, 0.4) is 0 Å². The second kappa shape index (κ2) is 7.90. The van der Waals surface area contributed by atoms with E-state index in [0.717, 1.165) is 5.56 Å². The van der Waals surface area contributed by atoms with Crippen molar-refractivity contribution in [2.75, 3.05) is 5.32 Å². The zero-order valence-corrected chi connectivity index (χ0v) is 14.1. The Bertz CT molecular complexity index is 932. The van der Waals surface area contributed by atoms with E-state index in [1.807, 2.05) is 30.3 Å². The lowest BCUT2D eigenvalue weighted by Crippen LogP contribution is -2.18. The van der Waals surface area contributed by atoms with E-state index in [4.69, 9.17) is 0 Å². The van der Waals surface area contributed by atoms with Crippen LogP contribution in [0.15, 0.2) is 79.0 Å². The number of hydrogen-bond donors (Lipinski definition) is 1. The van der Waals surface area contributed by atoms with Crippen LogP contribution in [0.4, 0.5) is 19.0 Å². The molecule has 3 aromatic rings. The van der Waals surface area contributed by atoms with Crippen LogP contribution >= 0.6 is 0 Å². The van der Waals surface area contributed by atoms with E-state index in [0.29, 0.717) is 18.4 Å². The van der Waals surface area contributed by atoms with Gasteiger partial charge in [0.15, 0.2) is 0 Å². The van der Waals surface area contributed by atoms with E-state index in [1.165, 1.54) is 41.2 Å². The van der Waals surface area contributed by atoms with Crippen molar-refractivity contribution in [2.24, 2.45) is 0 Å². The predicted octanol–water partition coefficient (Wildman–Crippen LogP) is 4.52. The first-order valence-electron chi connectivity index (χ1n) is 8.14. The molecule has 2 aromatic carbocycles. The van der Waals surface area contributed by atoms with Gasteiger partial charge in [-0.05, 0) is 11.1 Å². The number of nitrogens with one attached hydrogen (secondary N) is 1. The minimum atomic E-state index is -4.65. The molecule has 138 valence electrons. The molecule has 0 bridgehead atoms. The number of benzene rings is 2. The Morgan fingerprint density at radius 1 is 1.00 bits per heavy atom. The molecule has 0 radical (unpaired) electrons. The molecular formula is C20H16F3N3O. The molecule has 1 N–H and O–H groups in total. The third-order valence-corrected chi connectivity index (χ3v) is 3.81. The third-order valence-electron chi connectivity index (χ3n) is 3.81. The third kappa shape index (κ3) is 4.84. The number of aromatic nitrogens is 2. The number of allylic oxidation sites excluding steroid dienone is 1. The zero-order chi connectivity index (χ0) is 19.3. The first kappa shape index (κ1) is 18.4. The molecule has 0 aliphatic rings. The summed E-state index contributed by atoms with van der Waals surface area (Å²) in [6.45, 7) is 0.387. The van der Waals surface area contributed by atoms with Gasteiger partial charge in [-0.1, -0.05) is 60.7 Å². The van der Waals surface area contributed by atoms with Crippen molar-refractivity contribution in [3.8, 4) is 0 Å². The highest BCUT2D eigenvalue weighted by Crippen LogP contribution is 2.33. The Kier molecular flexibility index (Phi) is 5.40. The Balaban J connectivity index is 1.81. The summed E-state index contributed by atoms with van der Waals surface area (Å²) in [4.78, 5) is 12.2. The summed E-state index contributed by atoms with van der Waals surface area (Å²) >= 11 is 0. The van der Waals surface area contributed by atoms with Gasteiger partial charge in [0.1, 0.15) is 5.82 Å². The van der Waals surface area contributed by atoms with Crippen LogP contribution in [-0.2, 0) is 11.3 Å². The molecule has 4 nitrogen and oxygen atoms in total. The molecule has 0 fully saturated rings. The number of hydrogen-bond acceptors (Lipinski definition) is 2. The SMILES string of the molecule is O=C(/C=C(\c1ccccc1)C(F)(F)F)Nc1ccnn1Cc1ccccc1. The fraction of sp³-hybridized carbons (Fsp3) is 0.100. The highest BCUT2D eigenvalue weighted by Gasteiger charge is 2.35. The number of carbonyl (C=O) groups is 1. The minimum Gasteiger partial charge on any atom is -0.307 e. The maximum atomic E-state index is 13.3. The maximum Gasteiger partial charge on any atom is 0.417 e. The second-order valence-corrected chi connectivity index (χ2v) is 5.77. The van der Waals surface area contributed by atoms with Gasteiger partial charge in [-0.15, -0.1) is 0 Å². The monoisotopic (exact) mass is 371 g/mol. The summed E-state index contributed by atoms with van der Waals surface area (Å²) in [5.74, 6) is -0.560. The Labute approximate surface area is 153 Å². The molecule has 7 heteroatoms. The van der Waals surface area contributed by atoms with Crippen LogP contribution in [0.2, 0.25) is 0 Å². The topological polar surface area (TPSA) is 46.9 Å². The van der Waals surface area contributed by atoms with Crippen LogP contribution in [0.5, 0.6) is 0 Å². The highest BCUT2D eigenvalue weighted by atomic mass is 19.4. The Hall–Kier alpha value is -3.35. The number of rotatable bonds is 5. The van der Waals surface area contributed by atoms with E-state index >= 15 is 0 Å². The number of nitrogens with zero attached hydrogens (tertiary/aromatic N) is 2. The van der Waals surface area contributed by atoms with Crippen molar-refractivity contribution in [2.45, 2.75) is 12.7 Å². The number of alkyl halides is 3. The van der Waals surface area contributed by atoms with E-state index in [2.05, 4.69) is 10.4 Å². The van der Waals surface area contributed by atoms with Crippen LogP contribution < -0.4 is 5.32 Å². The van der Waals surface area contributed by atoms with Crippen molar-refractivity contribution >= 4 is 17.3 Å². The van der Waals surface area contributed by atoms with Gasteiger partial charge in [-0.3, -0.25) is 4.79 Å². The molecule has 3 rings (SSSR count). The van der Waals surface area contributed by atoms with Gasteiger partial charge in [-0.25, -0.2) is 4.68 Å². The fourth-order valence-corrected chi connectivity index (χ4v) is 2.56. The largest absolute Gasteiger partial charge is 0.417 e. The summed E-state index contributed by atoms with van der Waals surface area (Å²) in [5.41, 5.74) is -0.125. The van der Waals surface area contributed by atoms with E-state index in [1.54, 1.807) is 6.07 Å². The Morgan fingerprint density at radius 2 is 1.63 bits per heavy atom. The molecule has 0 saturated heterocycles. The summed E-state index contributed by atoms with van der Waals surface area (Å²) in [7, 11) is 0. The van der Waals surface area contributed by atoms with Gasteiger partial charge in [-0.2, -0.15) is 18.3 Å². The smallest absolute Gasteiger partial charge is 0.307 e. The first-order valence-corrected chi connectivity index (χ1v) is 8.14. The van der Waals surface area contributed by atoms with Crippen LogP contribution in [0.1, 0.15) is 11.1 Å². The molecule has 1 aromatic heterocycles. The van der Waals surface area contributed by atoms with Crippen molar-refractivity contribution in [1.29, 1.82) is 0 Å². The standard InChI is InChI=1S/C20H16F3N3O/c21-20(22,23)17(16-9-5-2-6-10-16)13-19(27)25-18-11-12-24-26(18)14-15-7-3-1-4-8-15/h1-13H,14H2,(H,25,27)/b17-13+. The summed E-state index contributed by atoms with van der Waals surface area (Å²) in [6, 6.07) is 18.1. The summed E-state index contributed by atoms with van der Waals surface area (Å²) < 4.78 is 41.5. The molecule has 0 unspecified atom stereocenters. The van der Waals surface area contributed by atoms with Gasteiger partial charge >= 0.3 is 6.18 Å². The zero-order valence-electron chi connectivity index (χ0n) is 14.1. The molecule has 0 saturated carbocycles. The molecule has 1 heterocycles. The molecular weight excluding hydrogens is 355 g/mol. The average molecular weight is 371 g/mol. The molecule has 1 amide bonds. The van der Waals surface area contributed by atoms with Gasteiger partial charge in [0.2, 0.25) is 5.91 Å². The number of anilines is 1. The van der Waals surface area contributed by atoms with Gasteiger partial charge in [0, 0.05) is 12.1 Å². The Morgan fingerprint density at radius 3 is 2.26 bits per heavy atom. The quantitative estimate of drug-likeness (QED) is 0.671. The van der Waals surface area contributed by atoms with Crippen LogP contribution in [-0.4, -0.2) is 21.9 Å². The number of carbonyl (C=O) groups excluding carboxylic acids is 1. The molecule has 0 aliphatic carbocycles. The molecule has 0 spiro atoms. The van der Waals surface area contributed by atoms with E-state index in [-0.39, 0.29) is 5.56 Å². The van der Waals surface area contributed by atoms with Crippen molar-refractivity contribution < 1.29 is 18.0 Å².